The van der Waals surface area contributed by atoms with Crippen molar-refractivity contribution in [2.24, 2.45) is 0 Å². The van der Waals surface area contributed by atoms with E-state index >= 15 is 0 Å². The van der Waals surface area contributed by atoms with Crippen molar-refractivity contribution in [3.8, 4) is 11.8 Å². The van der Waals surface area contributed by atoms with E-state index in [1.165, 1.54) is 16.3 Å². The Morgan fingerprint density at radius 2 is 2.11 bits per heavy atom. The fraction of sp³-hybridized carbons (Fsp3) is 0.444. The number of nitrogens with zero attached hydrogens (tertiary/aromatic N) is 4. The molecule has 1 N–H and O–H groups in total. The lowest BCUT2D eigenvalue weighted by Gasteiger charge is -2.22. The molecular formula is C18H23N5O3S. The van der Waals surface area contributed by atoms with Gasteiger partial charge >= 0.3 is 5.69 Å². The first kappa shape index (κ1) is 20.6. The van der Waals surface area contributed by atoms with Crippen LogP contribution in [0.4, 0.5) is 5.69 Å². The van der Waals surface area contributed by atoms with Gasteiger partial charge < -0.3 is 9.64 Å². The second kappa shape index (κ2) is 10.4. The van der Waals surface area contributed by atoms with Crippen LogP contribution in [0, 0.1) is 11.3 Å². The first-order chi connectivity index (χ1) is 13.1. The van der Waals surface area contributed by atoms with E-state index in [0.717, 1.165) is 12.2 Å². The molecule has 0 bridgehead atoms. The average molecular weight is 389 g/mol. The van der Waals surface area contributed by atoms with E-state index in [0.29, 0.717) is 30.5 Å². The van der Waals surface area contributed by atoms with Gasteiger partial charge in [-0.2, -0.15) is 5.26 Å². The first-order valence-electron chi connectivity index (χ1n) is 8.78. The zero-order chi connectivity index (χ0) is 19.6. The van der Waals surface area contributed by atoms with E-state index < -0.39 is 0 Å². The number of nitrogens with one attached hydrogen (secondary N) is 1. The van der Waals surface area contributed by atoms with E-state index in [2.05, 4.69) is 16.3 Å². The van der Waals surface area contributed by atoms with E-state index in [4.69, 9.17) is 10.00 Å². The van der Waals surface area contributed by atoms with Crippen molar-refractivity contribution < 1.29 is 9.53 Å². The molecule has 2 aromatic rings. The highest BCUT2D eigenvalue weighted by molar-refractivity contribution is 7.99. The maximum atomic E-state index is 12.7. The molecule has 0 unspecified atom stereocenters. The normalized spacial score (nSPS) is 10.4. The number of carbonyl (C=O) groups excluding carboxylic acids is 1. The molecule has 1 aromatic heterocycles. The lowest BCUT2D eigenvalue weighted by molar-refractivity contribution is -0.116. The van der Waals surface area contributed by atoms with Gasteiger partial charge in [-0.15, -0.1) is 5.10 Å². The van der Waals surface area contributed by atoms with Gasteiger partial charge in [0.1, 0.15) is 5.75 Å². The minimum Gasteiger partial charge on any atom is -0.494 e. The number of ether oxygens (including phenoxy) is 1. The van der Waals surface area contributed by atoms with Crippen molar-refractivity contribution >= 4 is 23.4 Å². The van der Waals surface area contributed by atoms with Crippen molar-refractivity contribution in [1.29, 1.82) is 5.26 Å². The monoisotopic (exact) mass is 389 g/mol. The highest BCUT2D eigenvalue weighted by atomic mass is 32.2. The summed E-state index contributed by atoms with van der Waals surface area (Å²) in [5.74, 6) is 0.688. The van der Waals surface area contributed by atoms with Crippen LogP contribution in [0.1, 0.15) is 26.7 Å². The molecule has 0 aliphatic rings. The predicted octanol–water partition coefficient (Wildman–Crippen LogP) is 2.42. The number of aromatic nitrogens is 3. The van der Waals surface area contributed by atoms with E-state index in [-0.39, 0.29) is 23.8 Å². The topological polar surface area (TPSA) is 104 Å². The summed E-state index contributed by atoms with van der Waals surface area (Å²) in [6, 6.07) is 9.26. The minimum absolute atomic E-state index is 0.118. The Labute approximate surface area is 162 Å². The molecule has 0 aliphatic carbocycles. The van der Waals surface area contributed by atoms with E-state index in [9.17, 15) is 9.59 Å². The number of anilines is 1. The third-order valence-corrected chi connectivity index (χ3v) is 4.66. The largest absolute Gasteiger partial charge is 0.494 e. The Balaban J connectivity index is 2.10. The van der Waals surface area contributed by atoms with Crippen LogP contribution in [0.2, 0.25) is 0 Å². The summed E-state index contributed by atoms with van der Waals surface area (Å²) in [5.41, 5.74) is 0.423. The molecule has 0 aliphatic heterocycles. The van der Waals surface area contributed by atoms with Gasteiger partial charge in [-0.1, -0.05) is 18.7 Å². The molecule has 2 rings (SSSR count). The molecule has 1 heterocycles. The van der Waals surface area contributed by atoms with Gasteiger partial charge in [0, 0.05) is 18.8 Å². The van der Waals surface area contributed by atoms with Crippen LogP contribution < -0.4 is 15.3 Å². The van der Waals surface area contributed by atoms with Crippen LogP contribution in [0.15, 0.2) is 34.2 Å². The Morgan fingerprint density at radius 1 is 1.37 bits per heavy atom. The highest BCUT2D eigenvalue weighted by Crippen LogP contribution is 2.22. The van der Waals surface area contributed by atoms with Crippen molar-refractivity contribution in [3.63, 3.8) is 0 Å². The fourth-order valence-electron chi connectivity index (χ4n) is 2.49. The van der Waals surface area contributed by atoms with E-state index in [1.807, 2.05) is 13.8 Å². The van der Waals surface area contributed by atoms with Crippen LogP contribution in [-0.4, -0.2) is 39.6 Å². The van der Waals surface area contributed by atoms with Crippen LogP contribution in [0.5, 0.6) is 5.75 Å². The standard InChI is InChI=1S/C18H23N5O3S/c1-3-11-23-17(25)20-21-18(23)27-13-16(24)22(12-5-10-19)14-6-8-15(9-7-14)26-4-2/h6-9H,3-5,11-13H2,1-2H3,(H,20,25). The SMILES string of the molecule is CCCn1c(SCC(=O)N(CCC#N)c2ccc(OCC)cc2)n[nH]c1=O. The summed E-state index contributed by atoms with van der Waals surface area (Å²) in [5, 5.41) is 15.8. The molecule has 27 heavy (non-hydrogen) atoms. The molecule has 1 aromatic carbocycles. The van der Waals surface area contributed by atoms with Gasteiger partial charge in [-0.25, -0.2) is 9.89 Å². The molecular weight excluding hydrogens is 366 g/mol. The molecule has 144 valence electrons. The predicted molar refractivity (Wildman–Crippen MR) is 104 cm³/mol. The average Bonchev–Trinajstić information content (AvgIpc) is 3.02. The van der Waals surface area contributed by atoms with Crippen LogP contribution >= 0.6 is 11.8 Å². The van der Waals surface area contributed by atoms with E-state index in [1.54, 1.807) is 29.2 Å². The molecule has 1 amide bonds. The van der Waals surface area contributed by atoms with Gasteiger partial charge in [-0.3, -0.25) is 9.36 Å². The summed E-state index contributed by atoms with van der Waals surface area (Å²) in [6.45, 7) is 5.28. The van der Waals surface area contributed by atoms with Crippen LogP contribution in [-0.2, 0) is 11.3 Å². The van der Waals surface area contributed by atoms with Crippen molar-refractivity contribution in [2.75, 3.05) is 23.8 Å². The number of aromatic amines is 1. The van der Waals surface area contributed by atoms with Gasteiger partial charge in [0.15, 0.2) is 5.16 Å². The Morgan fingerprint density at radius 3 is 2.74 bits per heavy atom. The molecule has 0 spiro atoms. The zero-order valence-electron chi connectivity index (χ0n) is 15.5. The summed E-state index contributed by atoms with van der Waals surface area (Å²) in [6.07, 6.45) is 1.02. The zero-order valence-corrected chi connectivity index (χ0v) is 16.3. The number of hydrogen-bond acceptors (Lipinski definition) is 6. The lowest BCUT2D eigenvalue weighted by atomic mass is 10.2. The number of amides is 1. The number of benzene rings is 1. The number of thioether (sulfide) groups is 1. The summed E-state index contributed by atoms with van der Waals surface area (Å²) >= 11 is 1.21. The summed E-state index contributed by atoms with van der Waals surface area (Å²) in [7, 11) is 0. The fourth-order valence-corrected chi connectivity index (χ4v) is 3.34. The lowest BCUT2D eigenvalue weighted by Crippen LogP contribution is -2.33. The number of carbonyl (C=O) groups is 1. The number of hydrogen-bond donors (Lipinski definition) is 1. The maximum absolute atomic E-state index is 12.7. The molecule has 0 saturated heterocycles. The molecule has 0 radical (unpaired) electrons. The van der Waals surface area contributed by atoms with Crippen molar-refractivity contribution in [2.45, 2.75) is 38.4 Å². The molecule has 0 saturated carbocycles. The van der Waals surface area contributed by atoms with Crippen LogP contribution in [0.25, 0.3) is 0 Å². The Bertz CT molecular complexity index is 838. The second-order valence-electron chi connectivity index (χ2n) is 5.63. The first-order valence-corrected chi connectivity index (χ1v) is 9.77. The van der Waals surface area contributed by atoms with Crippen molar-refractivity contribution in [1.82, 2.24) is 14.8 Å². The third-order valence-electron chi connectivity index (χ3n) is 3.70. The summed E-state index contributed by atoms with van der Waals surface area (Å²) < 4.78 is 6.94. The van der Waals surface area contributed by atoms with Gasteiger partial charge in [0.2, 0.25) is 5.91 Å². The molecule has 8 nitrogen and oxygen atoms in total. The minimum atomic E-state index is -0.278. The third kappa shape index (κ3) is 5.62. The van der Waals surface area contributed by atoms with Gasteiger partial charge in [0.05, 0.1) is 24.8 Å². The van der Waals surface area contributed by atoms with Gasteiger partial charge in [0.25, 0.3) is 0 Å². The molecule has 0 fully saturated rings. The van der Waals surface area contributed by atoms with Crippen LogP contribution in [0.3, 0.4) is 0 Å². The number of nitriles is 1. The molecule has 0 atom stereocenters. The Hall–Kier alpha value is -2.73. The second-order valence-corrected chi connectivity index (χ2v) is 6.57. The van der Waals surface area contributed by atoms with Crippen molar-refractivity contribution in [3.05, 3.63) is 34.7 Å². The smallest absolute Gasteiger partial charge is 0.343 e. The Kier molecular flexibility index (Phi) is 7.95. The number of H-pyrrole nitrogens is 1. The number of rotatable bonds is 10. The van der Waals surface area contributed by atoms with Gasteiger partial charge in [-0.05, 0) is 37.6 Å². The maximum Gasteiger partial charge on any atom is 0.343 e. The quantitative estimate of drug-likeness (QED) is 0.626. The summed E-state index contributed by atoms with van der Waals surface area (Å²) in [4.78, 5) is 26.1. The molecule has 9 heteroatoms. The highest BCUT2D eigenvalue weighted by Gasteiger charge is 2.18.